The van der Waals surface area contributed by atoms with Crippen LogP contribution in [0.1, 0.15) is 5.56 Å². The first-order chi connectivity index (χ1) is 10.8. The summed E-state index contributed by atoms with van der Waals surface area (Å²) in [6.07, 6.45) is 5.30. The molecule has 106 valence electrons. The molecule has 5 nitrogen and oxygen atoms in total. The number of nitrogens with zero attached hydrogens (tertiary/aromatic N) is 5. The molecule has 0 aliphatic carbocycles. The van der Waals surface area contributed by atoms with E-state index in [0.29, 0.717) is 11.6 Å². The number of hydrogen-bond donors (Lipinski definition) is 0. The van der Waals surface area contributed by atoms with Crippen LogP contribution in [0.15, 0.2) is 61.1 Å². The molecular weight excluding hydrogens is 274 g/mol. The SMILES string of the molecule is Cc1ccc(-c2nc3nccc(-c4cccnc4)n3n2)cc1. The lowest BCUT2D eigenvalue weighted by Gasteiger charge is -2.02. The number of rotatable bonds is 2. The third kappa shape index (κ3) is 2.13. The van der Waals surface area contributed by atoms with Crippen molar-refractivity contribution in [1.82, 2.24) is 24.6 Å². The predicted molar refractivity (Wildman–Crippen MR) is 84.2 cm³/mol. The second-order valence-electron chi connectivity index (χ2n) is 5.09. The second-order valence-corrected chi connectivity index (χ2v) is 5.09. The summed E-state index contributed by atoms with van der Waals surface area (Å²) in [5.41, 5.74) is 4.09. The van der Waals surface area contributed by atoms with E-state index in [4.69, 9.17) is 0 Å². The quantitative estimate of drug-likeness (QED) is 0.568. The molecule has 0 N–H and O–H groups in total. The van der Waals surface area contributed by atoms with E-state index in [9.17, 15) is 0 Å². The molecule has 1 aromatic carbocycles. The van der Waals surface area contributed by atoms with Crippen LogP contribution in [0, 0.1) is 6.92 Å². The van der Waals surface area contributed by atoms with Crippen LogP contribution in [0.3, 0.4) is 0 Å². The van der Waals surface area contributed by atoms with Crippen LogP contribution in [0.2, 0.25) is 0 Å². The van der Waals surface area contributed by atoms with Gasteiger partial charge in [-0.3, -0.25) is 4.98 Å². The minimum atomic E-state index is 0.580. The van der Waals surface area contributed by atoms with Gasteiger partial charge in [0.15, 0.2) is 5.82 Å². The summed E-state index contributed by atoms with van der Waals surface area (Å²) in [6, 6.07) is 14.0. The Morgan fingerprint density at radius 2 is 1.77 bits per heavy atom. The van der Waals surface area contributed by atoms with Gasteiger partial charge in [0.25, 0.3) is 5.78 Å². The first-order valence-electron chi connectivity index (χ1n) is 7.00. The van der Waals surface area contributed by atoms with Gasteiger partial charge in [-0.15, -0.1) is 5.10 Å². The number of aromatic nitrogens is 5. The third-order valence-corrected chi connectivity index (χ3v) is 3.51. The Morgan fingerprint density at radius 3 is 2.55 bits per heavy atom. The molecule has 4 rings (SSSR count). The van der Waals surface area contributed by atoms with Crippen molar-refractivity contribution >= 4 is 5.78 Å². The molecule has 0 aliphatic rings. The van der Waals surface area contributed by atoms with Crippen LogP contribution < -0.4 is 0 Å². The van der Waals surface area contributed by atoms with Gasteiger partial charge in [-0.2, -0.15) is 9.50 Å². The van der Waals surface area contributed by atoms with E-state index in [1.165, 1.54) is 5.56 Å². The van der Waals surface area contributed by atoms with Crippen molar-refractivity contribution in [3.8, 4) is 22.6 Å². The van der Waals surface area contributed by atoms with Crippen molar-refractivity contribution in [2.75, 3.05) is 0 Å². The van der Waals surface area contributed by atoms with Gasteiger partial charge in [-0.25, -0.2) is 4.98 Å². The molecule has 22 heavy (non-hydrogen) atoms. The zero-order valence-electron chi connectivity index (χ0n) is 12.0. The van der Waals surface area contributed by atoms with Gasteiger partial charge in [-0.1, -0.05) is 29.8 Å². The van der Waals surface area contributed by atoms with E-state index in [1.54, 1.807) is 16.9 Å². The van der Waals surface area contributed by atoms with Gasteiger partial charge in [-0.05, 0) is 25.1 Å². The predicted octanol–water partition coefficient (Wildman–Crippen LogP) is 3.16. The monoisotopic (exact) mass is 287 g/mol. The second kappa shape index (κ2) is 5.04. The number of aryl methyl sites for hydroxylation is 1. The van der Waals surface area contributed by atoms with Crippen LogP contribution in [0.4, 0.5) is 0 Å². The van der Waals surface area contributed by atoms with E-state index in [2.05, 4.69) is 39.1 Å². The van der Waals surface area contributed by atoms with Gasteiger partial charge in [0.05, 0.1) is 5.69 Å². The molecule has 0 unspecified atom stereocenters. The summed E-state index contributed by atoms with van der Waals surface area (Å²) >= 11 is 0. The molecule has 3 aromatic heterocycles. The van der Waals surface area contributed by atoms with Gasteiger partial charge in [0.1, 0.15) is 0 Å². The summed E-state index contributed by atoms with van der Waals surface area (Å²) < 4.78 is 1.76. The minimum absolute atomic E-state index is 0.580. The van der Waals surface area contributed by atoms with Gasteiger partial charge in [0.2, 0.25) is 0 Å². The summed E-state index contributed by atoms with van der Waals surface area (Å²) in [5, 5.41) is 4.60. The Bertz CT molecular complexity index is 926. The van der Waals surface area contributed by atoms with Crippen molar-refractivity contribution in [2.45, 2.75) is 6.92 Å². The fraction of sp³-hybridized carbons (Fsp3) is 0.0588. The maximum absolute atomic E-state index is 4.60. The van der Waals surface area contributed by atoms with E-state index >= 15 is 0 Å². The van der Waals surface area contributed by atoms with Crippen molar-refractivity contribution in [2.24, 2.45) is 0 Å². The van der Waals surface area contributed by atoms with Gasteiger partial charge in [0, 0.05) is 29.7 Å². The first-order valence-corrected chi connectivity index (χ1v) is 7.00. The molecule has 0 radical (unpaired) electrons. The highest BCUT2D eigenvalue weighted by atomic mass is 15.3. The standard InChI is InChI=1S/C17H13N5/c1-12-4-6-13(7-5-12)16-20-17-19-10-8-15(22(17)21-16)14-3-2-9-18-11-14/h2-11H,1H3. The summed E-state index contributed by atoms with van der Waals surface area (Å²) in [4.78, 5) is 13.0. The number of hydrogen-bond acceptors (Lipinski definition) is 4. The van der Waals surface area contributed by atoms with E-state index in [1.807, 2.05) is 36.5 Å². The van der Waals surface area contributed by atoms with Crippen LogP contribution in [0.5, 0.6) is 0 Å². The largest absolute Gasteiger partial charge is 0.264 e. The fourth-order valence-electron chi connectivity index (χ4n) is 2.35. The molecule has 0 saturated heterocycles. The Morgan fingerprint density at radius 1 is 0.909 bits per heavy atom. The van der Waals surface area contributed by atoms with Crippen molar-refractivity contribution < 1.29 is 0 Å². The molecule has 5 heteroatoms. The molecule has 0 spiro atoms. The lowest BCUT2D eigenvalue weighted by Crippen LogP contribution is -1.96. The molecule has 0 atom stereocenters. The molecule has 4 aromatic rings. The Hall–Kier alpha value is -3.08. The van der Waals surface area contributed by atoms with Crippen LogP contribution >= 0.6 is 0 Å². The zero-order valence-corrected chi connectivity index (χ0v) is 12.0. The number of pyridine rings is 1. The van der Waals surface area contributed by atoms with Crippen LogP contribution in [-0.4, -0.2) is 24.6 Å². The number of benzene rings is 1. The fourth-order valence-corrected chi connectivity index (χ4v) is 2.35. The maximum Gasteiger partial charge on any atom is 0.253 e. The smallest absolute Gasteiger partial charge is 0.253 e. The molecule has 0 saturated carbocycles. The zero-order chi connectivity index (χ0) is 14.9. The Kier molecular flexibility index (Phi) is 2.89. The summed E-state index contributed by atoms with van der Waals surface area (Å²) in [6.45, 7) is 2.06. The van der Waals surface area contributed by atoms with Gasteiger partial charge < -0.3 is 0 Å². The Balaban J connectivity index is 1.89. The molecule has 0 bridgehead atoms. The average Bonchev–Trinajstić information content (AvgIpc) is 3.00. The van der Waals surface area contributed by atoms with E-state index in [0.717, 1.165) is 16.8 Å². The average molecular weight is 287 g/mol. The lowest BCUT2D eigenvalue weighted by molar-refractivity contribution is 0.950. The summed E-state index contributed by atoms with van der Waals surface area (Å²) in [7, 11) is 0. The molecule has 3 heterocycles. The van der Waals surface area contributed by atoms with E-state index in [-0.39, 0.29) is 0 Å². The topological polar surface area (TPSA) is 56.0 Å². The minimum Gasteiger partial charge on any atom is -0.264 e. The highest BCUT2D eigenvalue weighted by Crippen LogP contribution is 2.21. The van der Waals surface area contributed by atoms with Crippen molar-refractivity contribution in [3.05, 3.63) is 66.6 Å². The summed E-state index contributed by atoms with van der Waals surface area (Å²) in [5.74, 6) is 1.25. The van der Waals surface area contributed by atoms with Crippen molar-refractivity contribution in [1.29, 1.82) is 0 Å². The van der Waals surface area contributed by atoms with E-state index < -0.39 is 0 Å². The highest BCUT2D eigenvalue weighted by molar-refractivity contribution is 5.63. The molecule has 0 fully saturated rings. The van der Waals surface area contributed by atoms with Gasteiger partial charge >= 0.3 is 0 Å². The normalized spacial score (nSPS) is 11.0. The number of fused-ring (bicyclic) bond motifs is 1. The molecular formula is C17H13N5. The Labute approximate surface area is 127 Å². The highest BCUT2D eigenvalue weighted by Gasteiger charge is 2.11. The third-order valence-electron chi connectivity index (χ3n) is 3.51. The maximum atomic E-state index is 4.60. The first kappa shape index (κ1) is 12.6. The van der Waals surface area contributed by atoms with Crippen molar-refractivity contribution in [3.63, 3.8) is 0 Å². The molecule has 0 amide bonds. The lowest BCUT2D eigenvalue weighted by atomic mass is 10.1. The van der Waals surface area contributed by atoms with Crippen LogP contribution in [-0.2, 0) is 0 Å². The molecule has 0 aliphatic heterocycles. The van der Waals surface area contributed by atoms with Crippen LogP contribution in [0.25, 0.3) is 28.4 Å².